The molecule has 0 aliphatic carbocycles. The molecular formula is C13H7ClN2O2S. The summed E-state index contributed by atoms with van der Waals surface area (Å²) in [5.41, 5.74) is 1.92. The fraction of sp³-hybridized carbons (Fsp3) is 0. The summed E-state index contributed by atoms with van der Waals surface area (Å²) in [6.07, 6.45) is 0. The zero-order chi connectivity index (χ0) is 13.2. The predicted molar refractivity (Wildman–Crippen MR) is 74.6 cm³/mol. The number of ether oxygens (including phenoxy) is 1. The normalized spacial score (nSPS) is 10.6. The summed E-state index contributed by atoms with van der Waals surface area (Å²) in [5.74, 6) is 0.427. The Morgan fingerprint density at radius 2 is 2.11 bits per heavy atom. The first-order valence-corrected chi connectivity index (χ1v) is 6.65. The van der Waals surface area contributed by atoms with Gasteiger partial charge in [0.1, 0.15) is 11.4 Å². The zero-order valence-electron chi connectivity index (χ0n) is 9.54. The van der Waals surface area contributed by atoms with E-state index in [1.54, 1.807) is 18.2 Å². The van der Waals surface area contributed by atoms with Crippen molar-refractivity contribution in [3.63, 3.8) is 0 Å². The molecule has 19 heavy (non-hydrogen) atoms. The number of benzene rings is 1. The topological polar surface area (TPSA) is 52.1 Å². The first-order chi connectivity index (χ1) is 9.28. The Bertz CT molecular complexity index is 744. The molecule has 0 radical (unpaired) electrons. The number of carbonyl (C=O) groups excluding carboxylic acids is 1. The van der Waals surface area contributed by atoms with Crippen LogP contribution in [-0.4, -0.2) is 16.4 Å². The van der Waals surface area contributed by atoms with Gasteiger partial charge in [-0.3, -0.25) is 4.79 Å². The lowest BCUT2D eigenvalue weighted by Crippen LogP contribution is -1.92. The summed E-state index contributed by atoms with van der Waals surface area (Å²) in [5, 5.41) is 2.31. The molecule has 3 aromatic rings. The van der Waals surface area contributed by atoms with Crippen LogP contribution in [0.25, 0.3) is 21.6 Å². The molecule has 0 saturated carbocycles. The monoisotopic (exact) mass is 290 g/mol. The van der Waals surface area contributed by atoms with Crippen LogP contribution < -0.4 is 4.74 Å². The molecular weight excluding hydrogens is 284 g/mol. The molecule has 0 unspecified atom stereocenters. The molecule has 0 N–H and O–H groups in total. The van der Waals surface area contributed by atoms with Gasteiger partial charge in [0.05, 0.1) is 15.9 Å². The second-order valence-corrected chi connectivity index (χ2v) is 5.01. The highest BCUT2D eigenvalue weighted by molar-refractivity contribution is 7.13. The summed E-state index contributed by atoms with van der Waals surface area (Å²) < 4.78 is 4.80. The zero-order valence-corrected chi connectivity index (χ0v) is 11.1. The minimum absolute atomic E-state index is 0.360. The van der Waals surface area contributed by atoms with Crippen molar-refractivity contribution in [2.24, 2.45) is 0 Å². The number of halogens is 1. The van der Waals surface area contributed by atoms with Crippen LogP contribution in [0.15, 0.2) is 35.7 Å². The molecule has 0 saturated heterocycles. The number of thiophene rings is 1. The van der Waals surface area contributed by atoms with Crippen LogP contribution in [0.4, 0.5) is 0 Å². The van der Waals surface area contributed by atoms with E-state index in [1.165, 1.54) is 11.3 Å². The van der Waals surface area contributed by atoms with E-state index in [4.69, 9.17) is 16.3 Å². The van der Waals surface area contributed by atoms with Gasteiger partial charge in [0.25, 0.3) is 6.47 Å². The summed E-state index contributed by atoms with van der Waals surface area (Å²) in [7, 11) is 0. The number of aromatic nitrogens is 2. The Morgan fingerprint density at radius 3 is 2.84 bits per heavy atom. The molecule has 0 amide bonds. The van der Waals surface area contributed by atoms with Crippen LogP contribution in [0.3, 0.4) is 0 Å². The third-order valence-electron chi connectivity index (χ3n) is 2.53. The van der Waals surface area contributed by atoms with E-state index in [9.17, 15) is 4.79 Å². The first kappa shape index (κ1) is 12.1. The Kier molecular flexibility index (Phi) is 3.15. The number of nitrogens with zero attached hydrogens (tertiary/aromatic N) is 2. The van der Waals surface area contributed by atoms with Crippen LogP contribution in [0.5, 0.6) is 5.75 Å². The largest absolute Gasteiger partial charge is 0.429 e. The smallest absolute Gasteiger partial charge is 0.298 e. The number of hydrogen-bond acceptors (Lipinski definition) is 5. The maximum atomic E-state index is 10.3. The molecule has 0 bridgehead atoms. The molecule has 0 aliphatic heterocycles. The van der Waals surface area contributed by atoms with E-state index >= 15 is 0 Å². The van der Waals surface area contributed by atoms with E-state index in [0.717, 1.165) is 4.88 Å². The van der Waals surface area contributed by atoms with Crippen LogP contribution >= 0.6 is 22.9 Å². The molecule has 2 heterocycles. The molecule has 4 nitrogen and oxygen atoms in total. The quantitative estimate of drug-likeness (QED) is 0.692. The molecule has 6 heteroatoms. The van der Waals surface area contributed by atoms with Gasteiger partial charge in [0.15, 0.2) is 5.15 Å². The van der Waals surface area contributed by atoms with Crippen molar-refractivity contribution in [3.8, 4) is 16.3 Å². The van der Waals surface area contributed by atoms with E-state index in [1.807, 2.05) is 17.5 Å². The standard InChI is InChI=1S/C13H7ClN2O2S/c14-13-12(11-2-1-5-19-11)15-10-6-8(18-7-17)3-4-9(10)16-13/h1-7H. The van der Waals surface area contributed by atoms with Gasteiger partial charge in [-0.25, -0.2) is 9.97 Å². The van der Waals surface area contributed by atoms with Crippen LogP contribution in [0.2, 0.25) is 5.15 Å². The van der Waals surface area contributed by atoms with Gasteiger partial charge in [-0.2, -0.15) is 0 Å². The van der Waals surface area contributed by atoms with Gasteiger partial charge >= 0.3 is 0 Å². The molecule has 0 spiro atoms. The van der Waals surface area contributed by atoms with E-state index in [2.05, 4.69) is 9.97 Å². The fourth-order valence-electron chi connectivity index (χ4n) is 1.71. The second-order valence-electron chi connectivity index (χ2n) is 3.70. The van der Waals surface area contributed by atoms with Gasteiger partial charge in [0, 0.05) is 6.07 Å². The predicted octanol–water partition coefficient (Wildman–Crippen LogP) is 3.55. The second kappa shape index (κ2) is 4.95. The van der Waals surface area contributed by atoms with Crippen molar-refractivity contribution in [1.29, 1.82) is 0 Å². The third-order valence-corrected chi connectivity index (χ3v) is 3.67. The molecule has 3 rings (SSSR count). The Labute approximate surface area is 117 Å². The van der Waals surface area contributed by atoms with Crippen LogP contribution in [0.1, 0.15) is 0 Å². The maximum absolute atomic E-state index is 10.3. The van der Waals surface area contributed by atoms with Gasteiger partial charge in [0.2, 0.25) is 0 Å². The van der Waals surface area contributed by atoms with Crippen LogP contribution in [0, 0.1) is 0 Å². The van der Waals surface area contributed by atoms with E-state index < -0.39 is 0 Å². The lowest BCUT2D eigenvalue weighted by molar-refractivity contribution is -0.120. The fourth-order valence-corrected chi connectivity index (χ4v) is 2.72. The summed E-state index contributed by atoms with van der Waals surface area (Å²) >= 11 is 7.68. The highest BCUT2D eigenvalue weighted by atomic mass is 35.5. The number of fused-ring (bicyclic) bond motifs is 1. The lowest BCUT2D eigenvalue weighted by Gasteiger charge is -2.04. The van der Waals surface area contributed by atoms with Crippen molar-refractivity contribution < 1.29 is 9.53 Å². The van der Waals surface area contributed by atoms with Gasteiger partial charge < -0.3 is 4.74 Å². The minimum Gasteiger partial charge on any atom is -0.429 e. The van der Waals surface area contributed by atoms with Gasteiger partial charge in [-0.1, -0.05) is 17.7 Å². The Balaban J connectivity index is 2.19. The summed E-state index contributed by atoms with van der Waals surface area (Å²) in [6, 6.07) is 8.87. The molecule has 0 atom stereocenters. The van der Waals surface area contributed by atoms with Crippen molar-refractivity contribution >= 4 is 40.4 Å². The average molecular weight is 291 g/mol. The van der Waals surface area contributed by atoms with E-state index in [0.29, 0.717) is 34.1 Å². The van der Waals surface area contributed by atoms with Crippen molar-refractivity contribution in [3.05, 3.63) is 40.9 Å². The Morgan fingerprint density at radius 1 is 1.21 bits per heavy atom. The molecule has 2 aromatic heterocycles. The number of hydrogen-bond donors (Lipinski definition) is 0. The van der Waals surface area contributed by atoms with E-state index in [-0.39, 0.29) is 0 Å². The van der Waals surface area contributed by atoms with Gasteiger partial charge in [-0.15, -0.1) is 11.3 Å². The number of rotatable bonds is 3. The van der Waals surface area contributed by atoms with Crippen molar-refractivity contribution in [1.82, 2.24) is 9.97 Å². The molecule has 94 valence electrons. The Hall–Kier alpha value is -1.98. The lowest BCUT2D eigenvalue weighted by atomic mass is 10.2. The van der Waals surface area contributed by atoms with Gasteiger partial charge in [-0.05, 0) is 23.6 Å². The molecule has 0 fully saturated rings. The number of carbonyl (C=O) groups is 1. The SMILES string of the molecule is O=COc1ccc2nc(Cl)c(-c3cccs3)nc2c1. The summed E-state index contributed by atoms with van der Waals surface area (Å²) in [6.45, 7) is 0.380. The highest BCUT2D eigenvalue weighted by Crippen LogP contribution is 2.30. The highest BCUT2D eigenvalue weighted by Gasteiger charge is 2.10. The molecule has 0 aliphatic rings. The minimum atomic E-state index is 0.360. The average Bonchev–Trinajstić information content (AvgIpc) is 2.92. The van der Waals surface area contributed by atoms with Crippen molar-refractivity contribution in [2.75, 3.05) is 0 Å². The maximum Gasteiger partial charge on any atom is 0.298 e. The first-order valence-electron chi connectivity index (χ1n) is 5.39. The van der Waals surface area contributed by atoms with Crippen molar-refractivity contribution in [2.45, 2.75) is 0 Å². The van der Waals surface area contributed by atoms with Crippen LogP contribution in [-0.2, 0) is 4.79 Å². The summed E-state index contributed by atoms with van der Waals surface area (Å²) in [4.78, 5) is 20.1. The molecule has 1 aromatic carbocycles. The third kappa shape index (κ3) is 2.30.